The first-order chi connectivity index (χ1) is 17.2. The zero-order chi connectivity index (χ0) is 29.2. The van der Waals surface area contributed by atoms with Crippen molar-refractivity contribution < 1.29 is 18.7 Å². The SMILES string of the molecule is C/C(=C\c1csc(C)n1)[C@H](C[C@@H]1O[C@]1(CO)CCC[C@H](C)CO[Si](C)(C)C(C)(C)C)O[Si](C)(C)C(C)(C)C. The summed E-state index contributed by atoms with van der Waals surface area (Å²) in [6.07, 6.45) is 5.88. The number of aliphatic hydroxyl groups excluding tert-OH is 1. The number of aliphatic hydroxyl groups is 1. The van der Waals surface area contributed by atoms with Crippen molar-refractivity contribution in [3.8, 4) is 0 Å². The van der Waals surface area contributed by atoms with Crippen molar-refractivity contribution in [1.29, 1.82) is 0 Å². The van der Waals surface area contributed by atoms with Gasteiger partial charge in [0, 0.05) is 18.4 Å². The van der Waals surface area contributed by atoms with Crippen LogP contribution in [0.2, 0.25) is 36.3 Å². The molecule has 1 saturated heterocycles. The minimum Gasteiger partial charge on any atom is -0.417 e. The van der Waals surface area contributed by atoms with Crippen LogP contribution in [-0.2, 0) is 13.6 Å². The van der Waals surface area contributed by atoms with Gasteiger partial charge < -0.3 is 18.7 Å². The number of hydrogen-bond acceptors (Lipinski definition) is 6. The van der Waals surface area contributed by atoms with Crippen molar-refractivity contribution in [1.82, 2.24) is 4.98 Å². The molecule has 0 spiro atoms. The van der Waals surface area contributed by atoms with E-state index in [-0.39, 0.29) is 28.9 Å². The number of thiazole rings is 1. The van der Waals surface area contributed by atoms with Crippen LogP contribution >= 0.6 is 11.3 Å². The average molecular weight is 584 g/mol. The predicted octanol–water partition coefficient (Wildman–Crippen LogP) is 8.59. The zero-order valence-electron chi connectivity index (χ0n) is 26.7. The Hall–Kier alpha value is -0.356. The van der Waals surface area contributed by atoms with Gasteiger partial charge in [-0.3, -0.25) is 0 Å². The average Bonchev–Trinajstić information content (AvgIpc) is 3.30. The Kier molecular flexibility index (Phi) is 11.3. The molecule has 1 aliphatic heterocycles. The van der Waals surface area contributed by atoms with Gasteiger partial charge in [0.15, 0.2) is 16.6 Å². The minimum atomic E-state index is -2.00. The number of nitrogens with zero attached hydrogens (tertiary/aromatic N) is 1. The van der Waals surface area contributed by atoms with E-state index in [0.717, 1.165) is 43.0 Å². The van der Waals surface area contributed by atoms with Crippen LogP contribution in [0.25, 0.3) is 6.08 Å². The van der Waals surface area contributed by atoms with E-state index in [1.165, 1.54) is 5.57 Å². The summed E-state index contributed by atoms with van der Waals surface area (Å²) in [7, 11) is -3.73. The van der Waals surface area contributed by atoms with E-state index < -0.39 is 22.2 Å². The van der Waals surface area contributed by atoms with Gasteiger partial charge in [0.2, 0.25) is 0 Å². The summed E-state index contributed by atoms with van der Waals surface area (Å²) in [5, 5.41) is 13.9. The summed E-state index contributed by atoms with van der Waals surface area (Å²) >= 11 is 1.67. The molecule has 0 aromatic carbocycles. The van der Waals surface area contributed by atoms with Gasteiger partial charge in [0.25, 0.3) is 0 Å². The van der Waals surface area contributed by atoms with Crippen LogP contribution in [0.15, 0.2) is 11.0 Å². The minimum absolute atomic E-state index is 0.0153. The molecule has 8 heteroatoms. The number of ether oxygens (including phenoxy) is 1. The fourth-order valence-corrected chi connectivity index (χ4v) is 7.23. The number of epoxide rings is 1. The molecule has 1 aliphatic rings. The normalized spacial score (nSPS) is 23.0. The number of aromatic nitrogens is 1. The lowest BCUT2D eigenvalue weighted by Gasteiger charge is -2.39. The highest BCUT2D eigenvalue weighted by Crippen LogP contribution is 2.46. The standard InChI is InChI=1S/C30H57NO4SSi2/c1-22(19-33-37(10,11)28(4,5)6)15-14-16-30(21-32)27(34-30)18-26(35-38(12,13)29(7,8)9)23(2)17-25-20-36-24(3)31-25/h17,20,22,26-27,32H,14-16,18-19,21H2,1-13H3/b23-17+/t22-,26-,27-,30-/m0/s1. The first-order valence-corrected chi connectivity index (χ1v) is 21.1. The molecule has 1 aromatic heterocycles. The molecule has 0 amide bonds. The number of hydrogen-bond donors (Lipinski definition) is 1. The summed E-state index contributed by atoms with van der Waals surface area (Å²) in [5.74, 6) is 0.499. The molecule has 1 fully saturated rings. The lowest BCUT2D eigenvalue weighted by Crippen LogP contribution is -2.44. The topological polar surface area (TPSA) is 64.1 Å². The second kappa shape index (κ2) is 12.7. The Morgan fingerprint density at radius 1 is 1.16 bits per heavy atom. The van der Waals surface area contributed by atoms with Gasteiger partial charge in [-0.15, -0.1) is 11.3 Å². The molecule has 1 N–H and O–H groups in total. The Bertz CT molecular complexity index is 931. The molecule has 0 saturated carbocycles. The molecular weight excluding hydrogens is 527 g/mol. The van der Waals surface area contributed by atoms with E-state index in [0.29, 0.717) is 5.92 Å². The molecule has 0 bridgehead atoms. The lowest BCUT2D eigenvalue weighted by molar-refractivity contribution is 0.156. The Balaban J connectivity index is 2.02. The van der Waals surface area contributed by atoms with E-state index in [4.69, 9.17) is 13.6 Å². The van der Waals surface area contributed by atoms with Gasteiger partial charge in [-0.1, -0.05) is 54.9 Å². The summed E-state index contributed by atoms with van der Waals surface area (Å²) < 4.78 is 19.6. The molecule has 220 valence electrons. The third-order valence-electron chi connectivity index (χ3n) is 9.20. The Morgan fingerprint density at radius 2 is 1.76 bits per heavy atom. The van der Waals surface area contributed by atoms with E-state index in [1.807, 2.05) is 6.92 Å². The molecule has 0 radical (unpaired) electrons. The van der Waals surface area contributed by atoms with Crippen LogP contribution in [-0.4, -0.2) is 57.7 Å². The molecule has 0 aliphatic carbocycles. The maximum absolute atomic E-state index is 10.3. The lowest BCUT2D eigenvalue weighted by atomic mass is 9.92. The largest absolute Gasteiger partial charge is 0.417 e. The van der Waals surface area contributed by atoms with Gasteiger partial charge in [-0.25, -0.2) is 4.98 Å². The Labute approximate surface area is 240 Å². The quantitative estimate of drug-likeness (QED) is 0.175. The maximum Gasteiger partial charge on any atom is 0.192 e. The maximum atomic E-state index is 10.3. The molecule has 2 rings (SSSR count). The van der Waals surface area contributed by atoms with Gasteiger partial charge >= 0.3 is 0 Å². The van der Waals surface area contributed by atoms with Crippen molar-refractivity contribution in [2.75, 3.05) is 13.2 Å². The van der Waals surface area contributed by atoms with Crippen LogP contribution in [0.5, 0.6) is 0 Å². The first kappa shape index (κ1) is 33.8. The van der Waals surface area contributed by atoms with Crippen LogP contribution < -0.4 is 0 Å². The fourth-order valence-electron chi connectivity index (χ4n) is 4.18. The van der Waals surface area contributed by atoms with E-state index >= 15 is 0 Å². The molecule has 2 heterocycles. The van der Waals surface area contributed by atoms with E-state index in [1.54, 1.807) is 11.3 Å². The molecule has 38 heavy (non-hydrogen) atoms. The Morgan fingerprint density at radius 3 is 2.26 bits per heavy atom. The van der Waals surface area contributed by atoms with Crippen molar-refractivity contribution in [3.63, 3.8) is 0 Å². The first-order valence-electron chi connectivity index (χ1n) is 14.4. The molecule has 5 nitrogen and oxygen atoms in total. The van der Waals surface area contributed by atoms with Gasteiger partial charge in [0.1, 0.15) is 5.60 Å². The highest BCUT2D eigenvalue weighted by molar-refractivity contribution is 7.09. The zero-order valence-corrected chi connectivity index (χ0v) is 29.5. The molecular formula is C30H57NO4SSi2. The van der Waals surface area contributed by atoms with E-state index in [2.05, 4.69) is 98.0 Å². The number of rotatable bonds is 14. The van der Waals surface area contributed by atoms with Crippen molar-refractivity contribution in [2.24, 2.45) is 5.92 Å². The molecule has 1 aromatic rings. The monoisotopic (exact) mass is 583 g/mol. The summed E-state index contributed by atoms with van der Waals surface area (Å²) in [6.45, 7) is 30.3. The summed E-state index contributed by atoms with van der Waals surface area (Å²) in [5.41, 5.74) is 1.73. The van der Waals surface area contributed by atoms with Crippen molar-refractivity contribution in [2.45, 2.75) is 142 Å². The van der Waals surface area contributed by atoms with Crippen LogP contribution in [0.3, 0.4) is 0 Å². The fraction of sp³-hybridized carbons (Fsp3) is 0.833. The molecule has 0 unspecified atom stereocenters. The third kappa shape index (κ3) is 9.08. The highest BCUT2D eigenvalue weighted by atomic mass is 32.1. The molecule has 4 atom stereocenters. The van der Waals surface area contributed by atoms with Gasteiger partial charge in [-0.05, 0) is 80.5 Å². The second-order valence-electron chi connectivity index (χ2n) is 14.7. The number of aryl methyl sites for hydroxylation is 1. The highest BCUT2D eigenvalue weighted by Gasteiger charge is 2.56. The van der Waals surface area contributed by atoms with Crippen LogP contribution in [0.4, 0.5) is 0 Å². The van der Waals surface area contributed by atoms with Crippen LogP contribution in [0.1, 0.15) is 91.8 Å². The van der Waals surface area contributed by atoms with E-state index in [9.17, 15) is 5.11 Å². The van der Waals surface area contributed by atoms with Crippen LogP contribution in [0, 0.1) is 12.8 Å². The van der Waals surface area contributed by atoms with Crippen molar-refractivity contribution >= 4 is 34.0 Å². The van der Waals surface area contributed by atoms with Gasteiger partial charge in [0.05, 0.1) is 29.5 Å². The smallest absolute Gasteiger partial charge is 0.192 e. The summed E-state index contributed by atoms with van der Waals surface area (Å²) in [6, 6.07) is 0. The second-order valence-corrected chi connectivity index (χ2v) is 25.3. The summed E-state index contributed by atoms with van der Waals surface area (Å²) in [4.78, 5) is 4.64. The third-order valence-corrected chi connectivity index (χ3v) is 19.0. The van der Waals surface area contributed by atoms with Gasteiger partial charge in [-0.2, -0.15) is 0 Å². The van der Waals surface area contributed by atoms with Crippen molar-refractivity contribution in [3.05, 3.63) is 21.7 Å². The predicted molar refractivity (Wildman–Crippen MR) is 168 cm³/mol.